The number of nitrogens with one attached hydrogen (secondary N) is 2. The molecule has 2 N–H and O–H groups in total. The molecule has 2 heterocycles. The summed E-state index contributed by atoms with van der Waals surface area (Å²) in [6.45, 7) is 2.92. The van der Waals surface area contributed by atoms with Gasteiger partial charge in [0.15, 0.2) is 5.82 Å². The van der Waals surface area contributed by atoms with E-state index in [1.54, 1.807) is 13.0 Å². The van der Waals surface area contributed by atoms with Crippen LogP contribution in [0.3, 0.4) is 0 Å². The number of hydrogen-bond acceptors (Lipinski definition) is 6. The normalized spacial score (nSPS) is 11.1. The van der Waals surface area contributed by atoms with Crippen molar-refractivity contribution in [2.24, 2.45) is 0 Å². The monoisotopic (exact) mass is 285 g/mol. The molecular formula is C14H15N5O2. The van der Waals surface area contributed by atoms with Crippen molar-refractivity contribution in [2.75, 3.05) is 6.54 Å². The van der Waals surface area contributed by atoms with Crippen molar-refractivity contribution in [3.8, 4) is 0 Å². The van der Waals surface area contributed by atoms with E-state index in [2.05, 4.69) is 25.4 Å². The molecule has 0 saturated heterocycles. The summed E-state index contributed by atoms with van der Waals surface area (Å²) in [5, 5.41) is 7.61. The molecule has 21 heavy (non-hydrogen) atoms. The predicted octanol–water partition coefficient (Wildman–Crippen LogP) is 0.947. The van der Waals surface area contributed by atoms with E-state index in [1.165, 1.54) is 0 Å². The summed E-state index contributed by atoms with van der Waals surface area (Å²) in [6.07, 6.45) is 0.662. The largest absolute Gasteiger partial charge is 0.340 e. The summed E-state index contributed by atoms with van der Waals surface area (Å²) in [4.78, 5) is 23.2. The van der Waals surface area contributed by atoms with Crippen LogP contribution in [-0.2, 0) is 13.0 Å². The fraction of sp³-hybridized carbons (Fsp3) is 0.286. The zero-order chi connectivity index (χ0) is 14.7. The van der Waals surface area contributed by atoms with Crippen molar-refractivity contribution >= 4 is 10.9 Å². The Bertz CT molecular complexity index is 808. The smallest absolute Gasteiger partial charge is 0.258 e. The SMILES string of the molecule is Cc1nc(CCNCc2nc3ccccc3c(=O)[nH]2)no1. The van der Waals surface area contributed by atoms with Gasteiger partial charge in [-0.15, -0.1) is 0 Å². The molecule has 0 spiro atoms. The molecule has 1 aromatic carbocycles. The van der Waals surface area contributed by atoms with Gasteiger partial charge in [-0.05, 0) is 12.1 Å². The van der Waals surface area contributed by atoms with Gasteiger partial charge < -0.3 is 14.8 Å². The maximum absolute atomic E-state index is 11.9. The van der Waals surface area contributed by atoms with Crippen molar-refractivity contribution in [1.82, 2.24) is 25.4 Å². The highest BCUT2D eigenvalue weighted by atomic mass is 16.5. The third kappa shape index (κ3) is 3.14. The van der Waals surface area contributed by atoms with Gasteiger partial charge in [-0.2, -0.15) is 4.98 Å². The topological polar surface area (TPSA) is 96.7 Å². The van der Waals surface area contributed by atoms with Crippen LogP contribution in [0.1, 0.15) is 17.5 Å². The van der Waals surface area contributed by atoms with Crippen molar-refractivity contribution < 1.29 is 4.52 Å². The number of hydrogen-bond donors (Lipinski definition) is 2. The minimum Gasteiger partial charge on any atom is -0.340 e. The summed E-state index contributed by atoms with van der Waals surface area (Å²) in [6, 6.07) is 7.28. The van der Waals surface area contributed by atoms with Crippen LogP contribution in [0.2, 0.25) is 0 Å². The molecule has 2 aromatic heterocycles. The first-order valence-corrected chi connectivity index (χ1v) is 6.70. The lowest BCUT2D eigenvalue weighted by molar-refractivity contribution is 0.387. The molecule has 0 fully saturated rings. The van der Waals surface area contributed by atoms with Gasteiger partial charge >= 0.3 is 0 Å². The van der Waals surface area contributed by atoms with Gasteiger partial charge in [0.05, 0.1) is 17.4 Å². The number of H-pyrrole nitrogens is 1. The van der Waals surface area contributed by atoms with Crippen LogP contribution in [0.25, 0.3) is 10.9 Å². The average Bonchev–Trinajstić information content (AvgIpc) is 2.89. The molecule has 0 bridgehead atoms. The van der Waals surface area contributed by atoms with Gasteiger partial charge in [0, 0.05) is 19.9 Å². The van der Waals surface area contributed by atoms with E-state index in [-0.39, 0.29) is 5.56 Å². The van der Waals surface area contributed by atoms with Gasteiger partial charge in [-0.25, -0.2) is 4.98 Å². The van der Waals surface area contributed by atoms with Crippen LogP contribution in [0.5, 0.6) is 0 Å². The molecule has 0 aliphatic rings. The first-order chi connectivity index (χ1) is 10.2. The molecule has 0 aliphatic carbocycles. The van der Waals surface area contributed by atoms with E-state index in [4.69, 9.17) is 4.52 Å². The van der Waals surface area contributed by atoms with Crippen molar-refractivity contribution in [3.63, 3.8) is 0 Å². The van der Waals surface area contributed by atoms with Crippen LogP contribution in [0, 0.1) is 6.92 Å². The lowest BCUT2D eigenvalue weighted by atomic mass is 10.2. The number of benzene rings is 1. The zero-order valence-corrected chi connectivity index (χ0v) is 11.6. The Kier molecular flexibility index (Phi) is 3.74. The molecule has 0 saturated carbocycles. The molecule has 0 unspecified atom stereocenters. The Morgan fingerprint density at radius 1 is 1.29 bits per heavy atom. The highest BCUT2D eigenvalue weighted by molar-refractivity contribution is 5.77. The number of nitrogens with zero attached hydrogens (tertiary/aromatic N) is 3. The molecule has 7 heteroatoms. The van der Waals surface area contributed by atoms with Crippen LogP contribution in [0.4, 0.5) is 0 Å². The van der Waals surface area contributed by atoms with Gasteiger partial charge in [0.2, 0.25) is 5.89 Å². The highest BCUT2D eigenvalue weighted by Crippen LogP contribution is 2.05. The number of aryl methyl sites for hydroxylation is 1. The summed E-state index contributed by atoms with van der Waals surface area (Å²) in [5.41, 5.74) is 0.582. The first-order valence-electron chi connectivity index (χ1n) is 6.70. The number of fused-ring (bicyclic) bond motifs is 1. The van der Waals surface area contributed by atoms with Gasteiger partial charge in [0.1, 0.15) is 5.82 Å². The second-order valence-electron chi connectivity index (χ2n) is 4.69. The van der Waals surface area contributed by atoms with E-state index < -0.39 is 0 Å². The fourth-order valence-corrected chi connectivity index (χ4v) is 2.07. The molecule has 3 rings (SSSR count). The summed E-state index contributed by atoms with van der Waals surface area (Å²) in [5.74, 6) is 1.84. The minimum absolute atomic E-state index is 0.119. The number of rotatable bonds is 5. The fourth-order valence-electron chi connectivity index (χ4n) is 2.07. The molecule has 0 atom stereocenters. The van der Waals surface area contributed by atoms with E-state index in [1.807, 2.05) is 18.2 Å². The Labute approximate surface area is 120 Å². The molecular weight excluding hydrogens is 270 g/mol. The quantitative estimate of drug-likeness (QED) is 0.677. The zero-order valence-electron chi connectivity index (χ0n) is 11.6. The molecule has 0 amide bonds. The third-order valence-electron chi connectivity index (χ3n) is 3.05. The third-order valence-corrected chi connectivity index (χ3v) is 3.05. The summed E-state index contributed by atoms with van der Waals surface area (Å²) >= 11 is 0. The van der Waals surface area contributed by atoms with E-state index in [9.17, 15) is 4.79 Å². The number of aromatic nitrogens is 4. The maximum atomic E-state index is 11.9. The number of para-hydroxylation sites is 1. The Hall–Kier alpha value is -2.54. The van der Waals surface area contributed by atoms with Crippen LogP contribution >= 0.6 is 0 Å². The molecule has 7 nitrogen and oxygen atoms in total. The minimum atomic E-state index is -0.119. The summed E-state index contributed by atoms with van der Waals surface area (Å²) in [7, 11) is 0. The molecule has 108 valence electrons. The lowest BCUT2D eigenvalue weighted by Crippen LogP contribution is -2.21. The predicted molar refractivity (Wildman–Crippen MR) is 76.8 cm³/mol. The van der Waals surface area contributed by atoms with Crippen LogP contribution in [0.15, 0.2) is 33.6 Å². The van der Waals surface area contributed by atoms with Crippen LogP contribution in [-0.4, -0.2) is 26.7 Å². The molecule has 3 aromatic rings. The van der Waals surface area contributed by atoms with E-state index in [0.29, 0.717) is 48.0 Å². The Morgan fingerprint density at radius 3 is 2.95 bits per heavy atom. The van der Waals surface area contributed by atoms with Crippen molar-refractivity contribution in [2.45, 2.75) is 19.9 Å². The van der Waals surface area contributed by atoms with E-state index >= 15 is 0 Å². The maximum Gasteiger partial charge on any atom is 0.258 e. The van der Waals surface area contributed by atoms with Gasteiger partial charge in [-0.1, -0.05) is 17.3 Å². The van der Waals surface area contributed by atoms with Crippen molar-refractivity contribution in [3.05, 3.63) is 52.2 Å². The Balaban J connectivity index is 1.61. The second kappa shape index (κ2) is 5.84. The highest BCUT2D eigenvalue weighted by Gasteiger charge is 2.04. The standard InChI is InChI=1S/C14H15N5O2/c1-9-16-12(19-21-9)6-7-15-8-13-17-11-5-3-2-4-10(11)14(20)18-13/h2-5,15H,6-8H2,1H3,(H,17,18,20). The number of aromatic amines is 1. The Morgan fingerprint density at radius 2 is 2.14 bits per heavy atom. The summed E-state index contributed by atoms with van der Waals surface area (Å²) < 4.78 is 4.90. The van der Waals surface area contributed by atoms with Crippen molar-refractivity contribution in [1.29, 1.82) is 0 Å². The molecule has 0 aliphatic heterocycles. The van der Waals surface area contributed by atoms with E-state index in [0.717, 1.165) is 0 Å². The van der Waals surface area contributed by atoms with Gasteiger partial charge in [0.25, 0.3) is 5.56 Å². The first kappa shape index (κ1) is 13.4. The van der Waals surface area contributed by atoms with Gasteiger partial charge in [-0.3, -0.25) is 4.79 Å². The lowest BCUT2D eigenvalue weighted by Gasteiger charge is -2.04. The second-order valence-corrected chi connectivity index (χ2v) is 4.69. The molecule has 0 radical (unpaired) electrons. The van der Waals surface area contributed by atoms with Crippen LogP contribution < -0.4 is 10.9 Å². The average molecular weight is 285 g/mol.